The molecule has 0 spiro atoms. The van der Waals surface area contributed by atoms with Crippen molar-refractivity contribution in [2.24, 2.45) is 7.05 Å². The van der Waals surface area contributed by atoms with E-state index in [1.54, 1.807) is 9.13 Å². The number of aryl methyl sites for hydroxylation is 1. The van der Waals surface area contributed by atoms with Gasteiger partial charge in [0, 0.05) is 40.9 Å². The van der Waals surface area contributed by atoms with Gasteiger partial charge in [0.25, 0.3) is 0 Å². The van der Waals surface area contributed by atoms with E-state index in [0.717, 1.165) is 28.1 Å². The average Bonchev–Trinajstić information content (AvgIpc) is 2.78. The summed E-state index contributed by atoms with van der Waals surface area (Å²) in [6.45, 7) is 0. The van der Waals surface area contributed by atoms with E-state index in [2.05, 4.69) is 18.2 Å². The molecule has 0 saturated heterocycles. The van der Waals surface area contributed by atoms with E-state index in [-0.39, 0.29) is 5.69 Å². The summed E-state index contributed by atoms with van der Waals surface area (Å²) in [5.41, 5.74) is 4.77. The minimum absolute atomic E-state index is 0.0368. The lowest BCUT2D eigenvalue weighted by atomic mass is 10.2. The number of hydrogen-bond donors (Lipinski definition) is 0. The molecule has 3 aromatic rings. The Morgan fingerprint density at radius 3 is 2.13 bits per heavy atom. The molecule has 0 atom stereocenters. The van der Waals surface area contributed by atoms with E-state index in [1.165, 1.54) is 0 Å². The highest BCUT2D eigenvalue weighted by Crippen LogP contribution is 2.29. The molecule has 5 heteroatoms. The lowest BCUT2D eigenvalue weighted by molar-refractivity contribution is 0.844. The van der Waals surface area contributed by atoms with E-state index in [9.17, 15) is 4.79 Å². The summed E-state index contributed by atoms with van der Waals surface area (Å²) in [5.74, 6) is 0. The Labute approximate surface area is 136 Å². The number of aromatic nitrogens is 2. The molecule has 0 fully saturated rings. The second kappa shape index (κ2) is 5.50. The largest absolute Gasteiger partial charge is 0.378 e. The second-order valence-corrected chi connectivity index (χ2v) is 6.13. The molecular formula is C18H22N4O. The van der Waals surface area contributed by atoms with Crippen LogP contribution in [0.4, 0.5) is 11.4 Å². The zero-order chi connectivity index (χ0) is 16.7. The third-order valence-electron chi connectivity index (χ3n) is 4.16. The second-order valence-electron chi connectivity index (χ2n) is 6.13. The highest BCUT2D eigenvalue weighted by atomic mass is 16.1. The van der Waals surface area contributed by atoms with E-state index in [1.807, 2.05) is 69.3 Å². The topological polar surface area (TPSA) is 33.4 Å². The third kappa shape index (κ3) is 2.38. The normalized spacial score (nSPS) is 11.0. The maximum Gasteiger partial charge on any atom is 0.333 e. The highest BCUT2D eigenvalue weighted by molar-refractivity contribution is 5.81. The Bertz CT molecular complexity index is 918. The lowest BCUT2D eigenvalue weighted by Gasteiger charge is -2.21. The number of rotatable bonds is 3. The summed E-state index contributed by atoms with van der Waals surface area (Å²) >= 11 is 0. The molecule has 0 aliphatic heterocycles. The Hall–Kier alpha value is -2.69. The van der Waals surface area contributed by atoms with Crippen LogP contribution in [0.1, 0.15) is 0 Å². The van der Waals surface area contributed by atoms with Crippen molar-refractivity contribution in [2.45, 2.75) is 0 Å². The van der Waals surface area contributed by atoms with Crippen LogP contribution >= 0.6 is 0 Å². The minimum Gasteiger partial charge on any atom is -0.378 e. The molecule has 3 rings (SSSR count). The molecular weight excluding hydrogens is 288 g/mol. The first-order valence-corrected chi connectivity index (χ1v) is 7.57. The molecule has 0 N–H and O–H groups in total. The van der Waals surface area contributed by atoms with Gasteiger partial charge in [0.15, 0.2) is 0 Å². The standard InChI is InChI=1S/C18H22N4O/c1-19(2)13-10-11-14(20(3)4)17(12-13)22-16-9-7-6-8-15(16)21(5)18(22)23/h6-12H,1-5H3. The fourth-order valence-corrected chi connectivity index (χ4v) is 2.87. The van der Waals surface area contributed by atoms with Crippen LogP contribution in [0.25, 0.3) is 16.7 Å². The van der Waals surface area contributed by atoms with Gasteiger partial charge in [0.05, 0.1) is 22.4 Å². The average molecular weight is 310 g/mol. The fraction of sp³-hybridized carbons (Fsp3) is 0.278. The number of imidazole rings is 1. The van der Waals surface area contributed by atoms with E-state index in [0.29, 0.717) is 0 Å². The van der Waals surface area contributed by atoms with Gasteiger partial charge in [-0.1, -0.05) is 12.1 Å². The van der Waals surface area contributed by atoms with Crippen molar-refractivity contribution in [1.29, 1.82) is 0 Å². The molecule has 23 heavy (non-hydrogen) atoms. The Morgan fingerprint density at radius 2 is 1.52 bits per heavy atom. The zero-order valence-corrected chi connectivity index (χ0v) is 14.2. The predicted octanol–water partition coefficient (Wildman–Crippen LogP) is 2.46. The predicted molar refractivity (Wildman–Crippen MR) is 97.2 cm³/mol. The van der Waals surface area contributed by atoms with Crippen molar-refractivity contribution >= 4 is 22.4 Å². The van der Waals surface area contributed by atoms with Gasteiger partial charge in [0.1, 0.15) is 0 Å². The van der Waals surface area contributed by atoms with Crippen LogP contribution in [-0.2, 0) is 7.05 Å². The molecule has 0 saturated carbocycles. The summed E-state index contributed by atoms with van der Waals surface area (Å²) in [7, 11) is 9.79. The van der Waals surface area contributed by atoms with Crippen molar-refractivity contribution in [2.75, 3.05) is 38.0 Å². The SMILES string of the molecule is CN(C)c1ccc(N(C)C)c(-n2c(=O)n(C)c3ccccc32)c1. The van der Waals surface area contributed by atoms with Crippen LogP contribution in [0.15, 0.2) is 47.3 Å². The Morgan fingerprint density at radius 1 is 0.870 bits per heavy atom. The smallest absolute Gasteiger partial charge is 0.333 e. The third-order valence-corrected chi connectivity index (χ3v) is 4.16. The summed E-state index contributed by atoms with van der Waals surface area (Å²) in [4.78, 5) is 16.9. The number of para-hydroxylation sites is 2. The quantitative estimate of drug-likeness (QED) is 0.745. The molecule has 0 amide bonds. The van der Waals surface area contributed by atoms with Crippen molar-refractivity contribution in [1.82, 2.24) is 9.13 Å². The maximum atomic E-state index is 12.8. The first kappa shape index (κ1) is 15.2. The molecule has 5 nitrogen and oxygen atoms in total. The van der Waals surface area contributed by atoms with E-state index < -0.39 is 0 Å². The van der Waals surface area contributed by atoms with E-state index >= 15 is 0 Å². The van der Waals surface area contributed by atoms with Crippen LogP contribution in [-0.4, -0.2) is 37.3 Å². The van der Waals surface area contributed by atoms with Gasteiger partial charge < -0.3 is 9.80 Å². The first-order valence-electron chi connectivity index (χ1n) is 7.57. The summed E-state index contributed by atoms with van der Waals surface area (Å²) < 4.78 is 3.48. The van der Waals surface area contributed by atoms with Crippen molar-refractivity contribution in [3.63, 3.8) is 0 Å². The van der Waals surface area contributed by atoms with Crippen LogP contribution < -0.4 is 15.5 Å². The molecule has 0 radical (unpaired) electrons. The summed E-state index contributed by atoms with van der Waals surface area (Å²) in [5, 5.41) is 0. The van der Waals surface area contributed by atoms with Crippen molar-refractivity contribution in [3.8, 4) is 5.69 Å². The minimum atomic E-state index is -0.0368. The summed E-state index contributed by atoms with van der Waals surface area (Å²) in [6.07, 6.45) is 0. The van der Waals surface area contributed by atoms with Gasteiger partial charge in [-0.15, -0.1) is 0 Å². The molecule has 120 valence electrons. The molecule has 2 aromatic carbocycles. The van der Waals surface area contributed by atoms with Gasteiger partial charge >= 0.3 is 5.69 Å². The van der Waals surface area contributed by atoms with E-state index in [4.69, 9.17) is 0 Å². The zero-order valence-electron chi connectivity index (χ0n) is 14.2. The van der Waals surface area contributed by atoms with Gasteiger partial charge in [-0.2, -0.15) is 0 Å². The van der Waals surface area contributed by atoms with Gasteiger partial charge in [-0.25, -0.2) is 4.79 Å². The highest BCUT2D eigenvalue weighted by Gasteiger charge is 2.16. The van der Waals surface area contributed by atoms with Crippen LogP contribution in [0.5, 0.6) is 0 Å². The number of nitrogens with zero attached hydrogens (tertiary/aromatic N) is 4. The summed E-state index contributed by atoms with van der Waals surface area (Å²) in [6, 6.07) is 14.0. The van der Waals surface area contributed by atoms with Gasteiger partial charge in [-0.3, -0.25) is 9.13 Å². The van der Waals surface area contributed by atoms with Crippen LogP contribution in [0.3, 0.4) is 0 Å². The molecule has 0 aliphatic carbocycles. The Balaban J connectivity index is 2.41. The van der Waals surface area contributed by atoms with Gasteiger partial charge in [0.2, 0.25) is 0 Å². The molecule has 1 heterocycles. The molecule has 0 bridgehead atoms. The lowest BCUT2D eigenvalue weighted by Crippen LogP contribution is -2.23. The van der Waals surface area contributed by atoms with Crippen LogP contribution in [0, 0.1) is 0 Å². The monoisotopic (exact) mass is 310 g/mol. The molecule has 0 unspecified atom stereocenters. The number of anilines is 2. The first-order chi connectivity index (χ1) is 10.9. The van der Waals surface area contributed by atoms with Gasteiger partial charge in [-0.05, 0) is 30.3 Å². The number of hydrogen-bond acceptors (Lipinski definition) is 3. The maximum absolute atomic E-state index is 12.8. The van der Waals surface area contributed by atoms with Crippen LogP contribution in [0.2, 0.25) is 0 Å². The Kier molecular flexibility index (Phi) is 3.64. The number of fused-ring (bicyclic) bond motifs is 1. The fourth-order valence-electron chi connectivity index (χ4n) is 2.87. The van der Waals surface area contributed by atoms with Crippen molar-refractivity contribution in [3.05, 3.63) is 52.9 Å². The van der Waals surface area contributed by atoms with Crippen molar-refractivity contribution < 1.29 is 0 Å². The molecule has 1 aromatic heterocycles. The number of benzene rings is 2. The molecule has 0 aliphatic rings.